The number of benzene rings is 1. The van der Waals surface area contributed by atoms with Crippen LogP contribution in [-0.4, -0.2) is 57.6 Å². The number of aryl methyl sites for hydroxylation is 3. The Kier molecular flexibility index (Phi) is 5.96. The van der Waals surface area contributed by atoms with Gasteiger partial charge in [-0.3, -0.25) is 5.10 Å². The van der Waals surface area contributed by atoms with Gasteiger partial charge >= 0.3 is 0 Å². The fourth-order valence-corrected chi connectivity index (χ4v) is 5.97. The molecule has 0 bridgehead atoms. The molecule has 1 atom stereocenters. The molecule has 1 unspecified atom stereocenters. The molecule has 3 N–H and O–H groups in total. The van der Waals surface area contributed by atoms with Crippen molar-refractivity contribution in [3.63, 3.8) is 0 Å². The highest BCUT2D eigenvalue weighted by Gasteiger charge is 2.37. The Balaban J connectivity index is 1.30. The van der Waals surface area contributed by atoms with E-state index in [2.05, 4.69) is 35.7 Å². The maximum Gasteiger partial charge on any atom is 0.229 e. The monoisotopic (exact) mass is 497 g/mol. The fourth-order valence-electron chi connectivity index (χ4n) is 4.51. The molecule has 184 valence electrons. The third-order valence-corrected chi connectivity index (χ3v) is 8.28. The van der Waals surface area contributed by atoms with Crippen molar-refractivity contribution in [3.05, 3.63) is 64.9 Å². The minimum absolute atomic E-state index is 0.0625. The summed E-state index contributed by atoms with van der Waals surface area (Å²) in [7, 11) is -2.86. The molecule has 11 heteroatoms. The van der Waals surface area contributed by atoms with E-state index in [1.54, 1.807) is 18.3 Å². The van der Waals surface area contributed by atoms with Gasteiger partial charge in [-0.05, 0) is 56.7 Å². The average molecular weight is 498 g/mol. The van der Waals surface area contributed by atoms with Crippen molar-refractivity contribution in [1.82, 2.24) is 25.1 Å². The minimum Gasteiger partial charge on any atom is -0.373 e. The summed E-state index contributed by atoms with van der Waals surface area (Å²) in [5.41, 5.74) is 3.94. The van der Waals surface area contributed by atoms with Gasteiger partial charge in [-0.2, -0.15) is 10.1 Å². The number of aromatic amines is 1. The Morgan fingerprint density at radius 1 is 1.11 bits per heavy atom. The molecule has 0 saturated carbocycles. The lowest BCUT2D eigenvalue weighted by atomic mass is 9.89. The molecule has 3 aromatic rings. The van der Waals surface area contributed by atoms with Crippen molar-refractivity contribution in [2.75, 3.05) is 28.7 Å². The van der Waals surface area contributed by atoms with Crippen LogP contribution in [0.2, 0.25) is 0 Å². The predicted molar refractivity (Wildman–Crippen MR) is 133 cm³/mol. The van der Waals surface area contributed by atoms with Crippen LogP contribution < -0.4 is 10.6 Å². The average Bonchev–Trinajstić information content (AvgIpc) is 3.21. The third-order valence-electron chi connectivity index (χ3n) is 6.50. The molecule has 0 radical (unpaired) electrons. The third kappa shape index (κ3) is 5.00. The smallest absolute Gasteiger partial charge is 0.229 e. The van der Waals surface area contributed by atoms with Gasteiger partial charge in [-0.25, -0.2) is 17.8 Å². The summed E-state index contributed by atoms with van der Waals surface area (Å²) in [4.78, 5) is 10.9. The molecule has 0 spiro atoms. The van der Waals surface area contributed by atoms with Crippen LogP contribution in [0.15, 0.2) is 36.7 Å². The molecule has 2 aliphatic heterocycles. The van der Waals surface area contributed by atoms with Crippen LogP contribution in [0.3, 0.4) is 0 Å². The Morgan fingerprint density at radius 3 is 2.57 bits per heavy atom. The van der Waals surface area contributed by atoms with E-state index in [1.807, 2.05) is 39.1 Å². The molecule has 4 heterocycles. The number of hydrogen-bond acceptors (Lipinski definition) is 8. The summed E-state index contributed by atoms with van der Waals surface area (Å²) in [6.07, 6.45) is 6.48. The minimum atomic E-state index is -2.86. The number of halogens is 1. The van der Waals surface area contributed by atoms with Crippen molar-refractivity contribution in [1.29, 1.82) is 0 Å². The quantitative estimate of drug-likeness (QED) is 0.470. The summed E-state index contributed by atoms with van der Waals surface area (Å²) in [6.45, 7) is 6.51. The largest absolute Gasteiger partial charge is 0.373 e. The highest BCUT2D eigenvalue weighted by Crippen LogP contribution is 2.33. The zero-order chi connectivity index (χ0) is 24.7. The highest BCUT2D eigenvalue weighted by molar-refractivity contribution is 7.92. The lowest BCUT2D eigenvalue weighted by Crippen LogP contribution is -2.52. The second-order valence-corrected chi connectivity index (χ2v) is 11.5. The molecule has 0 amide bonds. The summed E-state index contributed by atoms with van der Waals surface area (Å²) >= 11 is 0. The highest BCUT2D eigenvalue weighted by atomic mass is 32.2. The molecule has 35 heavy (non-hydrogen) atoms. The molecule has 0 aliphatic carbocycles. The molecule has 2 aliphatic rings. The van der Waals surface area contributed by atoms with E-state index in [4.69, 9.17) is 0 Å². The van der Waals surface area contributed by atoms with E-state index in [1.165, 1.54) is 0 Å². The van der Waals surface area contributed by atoms with Crippen molar-refractivity contribution in [2.24, 2.45) is 0 Å². The van der Waals surface area contributed by atoms with Crippen molar-refractivity contribution < 1.29 is 12.8 Å². The van der Waals surface area contributed by atoms with E-state index in [0.29, 0.717) is 17.3 Å². The second kappa shape index (κ2) is 8.95. The number of anilines is 4. The van der Waals surface area contributed by atoms with Gasteiger partial charge in [0.05, 0.1) is 23.2 Å². The van der Waals surface area contributed by atoms with Gasteiger partial charge < -0.3 is 15.5 Å². The topological polar surface area (TPSA) is 116 Å². The first-order valence-corrected chi connectivity index (χ1v) is 13.3. The van der Waals surface area contributed by atoms with Crippen LogP contribution in [0.25, 0.3) is 0 Å². The molecular weight excluding hydrogens is 469 g/mol. The van der Waals surface area contributed by atoms with E-state index < -0.39 is 9.84 Å². The number of aromatic nitrogens is 4. The maximum atomic E-state index is 15.1. The maximum absolute atomic E-state index is 15.1. The van der Waals surface area contributed by atoms with Gasteiger partial charge in [0.1, 0.15) is 11.6 Å². The van der Waals surface area contributed by atoms with Crippen LogP contribution in [0.1, 0.15) is 34.7 Å². The first-order chi connectivity index (χ1) is 16.7. The van der Waals surface area contributed by atoms with Crippen LogP contribution in [0, 0.1) is 26.6 Å². The summed E-state index contributed by atoms with van der Waals surface area (Å²) in [6, 6.07) is 5.27. The SMILES string of the molecule is Cc1cc(Nc2nc(Nc3cc(C)c(C4C=CN(C5CS(=O)(=O)C5)CC4)cc3F)ncc2C)n[nH]1. The Bertz CT molecular complexity index is 1390. The second-order valence-electron chi connectivity index (χ2n) is 9.31. The summed E-state index contributed by atoms with van der Waals surface area (Å²) in [5, 5.41) is 13.2. The van der Waals surface area contributed by atoms with Gasteiger partial charge in [0.25, 0.3) is 0 Å². The van der Waals surface area contributed by atoms with Crippen LogP contribution in [0.4, 0.5) is 27.7 Å². The fraction of sp³-hybridized carbons (Fsp3) is 0.375. The van der Waals surface area contributed by atoms with Crippen molar-refractivity contribution in [2.45, 2.75) is 39.2 Å². The van der Waals surface area contributed by atoms with E-state index in [-0.39, 0.29) is 35.2 Å². The Hall–Kier alpha value is -3.47. The molecule has 1 saturated heterocycles. The van der Waals surface area contributed by atoms with Gasteiger partial charge in [-0.15, -0.1) is 0 Å². The number of rotatable bonds is 6. The number of hydrogen-bond donors (Lipinski definition) is 3. The number of H-pyrrole nitrogens is 1. The molecule has 1 aromatic carbocycles. The summed E-state index contributed by atoms with van der Waals surface area (Å²) in [5.74, 6) is 1.63. The van der Waals surface area contributed by atoms with E-state index >= 15 is 4.39 Å². The number of allylic oxidation sites excluding steroid dienone is 1. The lowest BCUT2D eigenvalue weighted by Gasteiger charge is -2.39. The zero-order valence-corrected chi connectivity index (χ0v) is 20.7. The summed E-state index contributed by atoms with van der Waals surface area (Å²) < 4.78 is 38.1. The van der Waals surface area contributed by atoms with Gasteiger partial charge in [-0.1, -0.05) is 6.08 Å². The van der Waals surface area contributed by atoms with Gasteiger partial charge in [0.15, 0.2) is 15.7 Å². The van der Waals surface area contributed by atoms with Crippen LogP contribution in [-0.2, 0) is 9.84 Å². The van der Waals surface area contributed by atoms with Gasteiger partial charge in [0.2, 0.25) is 5.95 Å². The standard InChI is InChI=1S/C24H28FN7O2S/c1-14-8-21(27-24-26-11-15(2)23(29-24)28-22-9-16(3)30-31-22)20(25)10-19(14)17-4-6-32(7-5-17)18-12-35(33,34)13-18/h4,6,8-11,17-18H,5,7,12-13H2,1-3H3,(H3,26,27,28,29,30,31). The molecule has 9 nitrogen and oxygen atoms in total. The Morgan fingerprint density at radius 2 is 1.91 bits per heavy atom. The van der Waals surface area contributed by atoms with Gasteiger partial charge in [0, 0.05) is 36.0 Å². The molecule has 2 aromatic heterocycles. The zero-order valence-electron chi connectivity index (χ0n) is 19.8. The number of sulfone groups is 1. The molecule has 1 fully saturated rings. The number of nitrogens with zero attached hydrogens (tertiary/aromatic N) is 4. The van der Waals surface area contributed by atoms with E-state index in [0.717, 1.165) is 35.3 Å². The van der Waals surface area contributed by atoms with Crippen LogP contribution >= 0.6 is 0 Å². The molecular formula is C24H28FN7O2S. The lowest BCUT2D eigenvalue weighted by molar-refractivity contribution is 0.276. The Labute approximate surface area is 203 Å². The first-order valence-electron chi connectivity index (χ1n) is 11.5. The predicted octanol–water partition coefficient (Wildman–Crippen LogP) is 3.85. The van der Waals surface area contributed by atoms with Crippen molar-refractivity contribution >= 4 is 33.1 Å². The van der Waals surface area contributed by atoms with Crippen LogP contribution in [0.5, 0.6) is 0 Å². The van der Waals surface area contributed by atoms with E-state index in [9.17, 15) is 8.42 Å². The first kappa shape index (κ1) is 23.3. The normalized spacial score (nSPS) is 19.4. The number of nitrogens with one attached hydrogen (secondary N) is 3. The van der Waals surface area contributed by atoms with Crippen molar-refractivity contribution in [3.8, 4) is 0 Å². The molecule has 5 rings (SSSR count).